The van der Waals surface area contributed by atoms with Crippen LogP contribution in [-0.2, 0) is 36.8 Å². The molecule has 4 N–H and O–H groups in total. The Morgan fingerprint density at radius 3 is 1.39 bits per heavy atom. The molecule has 0 aliphatic rings. The number of hydrogen-bond donors (Lipinski definition) is 4. The van der Waals surface area contributed by atoms with Gasteiger partial charge in [0.25, 0.3) is 0 Å². The molecule has 0 aromatic heterocycles. The van der Waals surface area contributed by atoms with E-state index in [0.717, 1.165) is 11.1 Å². The van der Waals surface area contributed by atoms with Crippen molar-refractivity contribution in [2.75, 3.05) is 27.7 Å². The summed E-state index contributed by atoms with van der Waals surface area (Å²) in [4.78, 5) is 71.6. The molecule has 51 heavy (non-hydrogen) atoms. The van der Waals surface area contributed by atoms with Gasteiger partial charge in [0.2, 0.25) is 29.5 Å². The number of hydrogen-bond acceptors (Lipinski definition) is 6. The Bertz CT molecular complexity index is 1410. The third-order valence-corrected chi connectivity index (χ3v) is 9.29. The van der Waals surface area contributed by atoms with Gasteiger partial charge >= 0.3 is 0 Å². The van der Waals surface area contributed by atoms with Crippen molar-refractivity contribution in [3.05, 3.63) is 71.8 Å². The lowest BCUT2D eigenvalue weighted by atomic mass is 9.95. The highest BCUT2D eigenvalue weighted by molar-refractivity contribution is 5.96. The monoisotopic (exact) mass is 706 g/mol. The lowest BCUT2D eigenvalue weighted by Crippen LogP contribution is -2.62. The molecule has 11 nitrogen and oxygen atoms in total. The molecule has 0 aliphatic carbocycles. The van der Waals surface area contributed by atoms with Crippen molar-refractivity contribution >= 4 is 29.5 Å². The third kappa shape index (κ3) is 12.5. The van der Waals surface area contributed by atoms with Crippen LogP contribution >= 0.6 is 0 Å². The maximum absolute atomic E-state index is 14.0. The minimum Gasteiger partial charge on any atom is -0.354 e. The fraction of sp³-hybridized carbons (Fsp3) is 0.575. The summed E-state index contributed by atoms with van der Waals surface area (Å²) < 4.78 is 0. The van der Waals surface area contributed by atoms with Crippen LogP contribution in [0.5, 0.6) is 0 Å². The summed E-state index contributed by atoms with van der Waals surface area (Å²) in [6.45, 7) is 15.2. The molecule has 11 heteroatoms. The Hall–Kier alpha value is -4.25. The maximum Gasteiger partial charge on any atom is 0.245 e. The Labute approximate surface area is 305 Å². The van der Waals surface area contributed by atoms with E-state index < -0.39 is 47.9 Å². The highest BCUT2D eigenvalue weighted by Crippen LogP contribution is 2.18. The smallest absolute Gasteiger partial charge is 0.245 e. The van der Waals surface area contributed by atoms with Gasteiger partial charge in [0.1, 0.15) is 24.2 Å². The summed E-state index contributed by atoms with van der Waals surface area (Å²) >= 11 is 0. The van der Waals surface area contributed by atoms with Crippen molar-refractivity contribution in [2.24, 2.45) is 23.7 Å². The number of rotatable bonds is 19. The van der Waals surface area contributed by atoms with E-state index in [4.69, 9.17) is 0 Å². The van der Waals surface area contributed by atoms with E-state index in [1.54, 1.807) is 21.1 Å². The second-order valence-corrected chi connectivity index (χ2v) is 14.8. The van der Waals surface area contributed by atoms with Gasteiger partial charge in [-0.05, 0) is 54.7 Å². The second kappa shape index (κ2) is 20.6. The van der Waals surface area contributed by atoms with Crippen molar-refractivity contribution in [3.63, 3.8) is 0 Å². The summed E-state index contributed by atoms with van der Waals surface area (Å²) in [7, 11) is 4.85. The van der Waals surface area contributed by atoms with E-state index in [9.17, 15) is 24.0 Å². The molecule has 0 unspecified atom stereocenters. The topological polar surface area (TPSA) is 140 Å². The fourth-order valence-corrected chi connectivity index (χ4v) is 6.34. The van der Waals surface area contributed by atoms with Gasteiger partial charge in [0.15, 0.2) is 0 Å². The van der Waals surface area contributed by atoms with E-state index in [-0.39, 0.29) is 35.5 Å². The number of benzene rings is 2. The first-order chi connectivity index (χ1) is 24.0. The molecule has 2 rings (SSSR count). The zero-order chi connectivity index (χ0) is 38.4. The first-order valence-corrected chi connectivity index (χ1v) is 18.2. The molecule has 282 valence electrons. The van der Waals surface area contributed by atoms with Gasteiger partial charge in [0, 0.05) is 20.6 Å². The van der Waals surface area contributed by atoms with Crippen molar-refractivity contribution < 1.29 is 24.0 Å². The number of nitrogens with zero attached hydrogens (tertiary/aromatic N) is 2. The molecule has 0 saturated heterocycles. The van der Waals surface area contributed by atoms with E-state index >= 15 is 0 Å². The first-order valence-electron chi connectivity index (χ1n) is 18.2. The van der Waals surface area contributed by atoms with Crippen molar-refractivity contribution in [1.82, 2.24) is 31.1 Å². The van der Waals surface area contributed by atoms with Crippen LogP contribution in [0.3, 0.4) is 0 Å². The van der Waals surface area contributed by atoms with E-state index in [2.05, 4.69) is 21.3 Å². The van der Waals surface area contributed by atoms with Crippen LogP contribution in [0.2, 0.25) is 0 Å². The van der Waals surface area contributed by atoms with Crippen LogP contribution in [0.15, 0.2) is 60.7 Å². The van der Waals surface area contributed by atoms with Gasteiger partial charge in [0.05, 0.1) is 6.04 Å². The average Bonchev–Trinajstić information content (AvgIpc) is 3.08. The molecule has 0 spiro atoms. The van der Waals surface area contributed by atoms with Gasteiger partial charge in [-0.15, -0.1) is 0 Å². The van der Waals surface area contributed by atoms with Crippen LogP contribution in [0.25, 0.3) is 0 Å². The van der Waals surface area contributed by atoms with Crippen LogP contribution in [0, 0.1) is 23.7 Å². The summed E-state index contributed by atoms with van der Waals surface area (Å²) in [5.74, 6) is -2.94. The van der Waals surface area contributed by atoms with Crippen LogP contribution in [0.1, 0.15) is 66.5 Å². The predicted octanol–water partition coefficient (Wildman–Crippen LogP) is 3.42. The molecule has 0 fully saturated rings. The predicted molar refractivity (Wildman–Crippen MR) is 202 cm³/mol. The van der Waals surface area contributed by atoms with Crippen LogP contribution < -0.4 is 21.3 Å². The van der Waals surface area contributed by atoms with E-state index in [0.29, 0.717) is 19.4 Å². The minimum atomic E-state index is -0.944. The molecule has 0 heterocycles. The van der Waals surface area contributed by atoms with Gasteiger partial charge in [-0.25, -0.2) is 0 Å². The van der Waals surface area contributed by atoms with E-state index in [1.165, 1.54) is 9.80 Å². The Morgan fingerprint density at radius 2 is 0.980 bits per heavy atom. The Balaban J connectivity index is 2.20. The molecular weight excluding hydrogens is 644 g/mol. The number of carbonyl (C=O) groups is 5. The van der Waals surface area contributed by atoms with Crippen LogP contribution in [-0.4, -0.2) is 97.2 Å². The lowest BCUT2D eigenvalue weighted by Gasteiger charge is -2.37. The largest absolute Gasteiger partial charge is 0.354 e. The molecule has 0 aliphatic heterocycles. The molecule has 2 aromatic carbocycles. The summed E-state index contributed by atoms with van der Waals surface area (Å²) in [5, 5.41) is 11.9. The quantitative estimate of drug-likeness (QED) is 0.177. The van der Waals surface area contributed by atoms with Crippen molar-refractivity contribution in [2.45, 2.75) is 98.4 Å². The summed E-state index contributed by atoms with van der Waals surface area (Å²) in [6, 6.07) is 15.4. The summed E-state index contributed by atoms with van der Waals surface area (Å²) in [5.41, 5.74) is 2.08. The van der Waals surface area contributed by atoms with Crippen molar-refractivity contribution in [3.8, 4) is 0 Å². The van der Waals surface area contributed by atoms with Crippen molar-refractivity contribution in [1.29, 1.82) is 0 Å². The second-order valence-electron chi connectivity index (χ2n) is 14.8. The molecule has 2 aromatic rings. The third-order valence-electron chi connectivity index (χ3n) is 9.29. The van der Waals surface area contributed by atoms with Gasteiger partial charge in [-0.1, -0.05) is 116 Å². The average molecular weight is 707 g/mol. The highest BCUT2D eigenvalue weighted by atomic mass is 16.2. The molecular formula is C40H62N6O5. The number of likely N-dealkylation sites (N-methyl/N-ethyl adjacent to an activating group) is 3. The molecule has 0 bridgehead atoms. The molecule has 5 atom stereocenters. The van der Waals surface area contributed by atoms with E-state index in [1.807, 2.05) is 116 Å². The zero-order valence-corrected chi connectivity index (χ0v) is 32.5. The van der Waals surface area contributed by atoms with Gasteiger partial charge in [-0.3, -0.25) is 24.0 Å². The summed E-state index contributed by atoms with van der Waals surface area (Å²) in [6.07, 6.45) is 1.11. The number of carbonyl (C=O) groups excluding carboxylic acids is 5. The molecule has 5 amide bonds. The maximum atomic E-state index is 14.0. The van der Waals surface area contributed by atoms with Crippen LogP contribution in [0.4, 0.5) is 0 Å². The Morgan fingerprint density at radius 1 is 0.569 bits per heavy atom. The highest BCUT2D eigenvalue weighted by Gasteiger charge is 2.40. The lowest BCUT2D eigenvalue weighted by molar-refractivity contribution is -0.147. The number of nitrogens with one attached hydrogen (secondary N) is 4. The molecule has 0 radical (unpaired) electrons. The first kappa shape index (κ1) is 42.9. The SMILES string of the molecule is CN[C@@H](Cc1ccccc1)C(=O)N[C@H](C(=O)N(C)[C@H](C(=O)N[C@H](C(=O)N(C)[C@H](C(=O)NCCc1ccccc1)C(C)C)C(C)C)C(C)C)C(C)C. The molecule has 0 saturated carbocycles. The Kier molecular flexibility index (Phi) is 17.3. The normalized spacial score (nSPS) is 14.4. The zero-order valence-electron chi connectivity index (χ0n) is 32.5. The minimum absolute atomic E-state index is 0.190. The standard InChI is InChI=1S/C40H62N6O5/c1-25(2)32(43-36(47)31(41-9)24-30-20-16-13-17-21-30)39(50)46(11)35(28(7)8)38(49)44-33(26(3)4)40(51)45(10)34(27(5)6)37(48)42-23-22-29-18-14-12-15-19-29/h12-21,25-28,31-35,41H,22-24H2,1-11H3,(H,42,48)(H,43,47)(H,44,49)/t31-,32-,33-,34-,35-/m0/s1. The van der Waals surface area contributed by atoms with Gasteiger partial charge < -0.3 is 31.1 Å². The number of amides is 5. The fourth-order valence-electron chi connectivity index (χ4n) is 6.34. The van der Waals surface area contributed by atoms with Gasteiger partial charge in [-0.2, -0.15) is 0 Å².